The van der Waals surface area contributed by atoms with Gasteiger partial charge in [-0.3, -0.25) is 9.20 Å². The number of fused-ring (bicyclic) bond motifs is 1. The first-order chi connectivity index (χ1) is 9.95. The van der Waals surface area contributed by atoms with Crippen molar-refractivity contribution in [1.82, 2.24) is 23.8 Å². The number of rotatable bonds is 3. The van der Waals surface area contributed by atoms with Gasteiger partial charge in [0, 0.05) is 31.4 Å². The van der Waals surface area contributed by atoms with Gasteiger partial charge in [0.1, 0.15) is 5.69 Å². The number of carbonyl (C=O) groups is 1. The standard InChI is InChI=1S/C14H17N5OS/c1-9-5-19-12(10(2)16-14(19)21-9)7-18(4)13(20)11-6-17(3)8-15-11/h5-6,8H,7H2,1-4H3. The minimum absolute atomic E-state index is 0.0862. The Balaban J connectivity index is 1.87. The summed E-state index contributed by atoms with van der Waals surface area (Å²) >= 11 is 1.66. The molecule has 3 heterocycles. The van der Waals surface area contributed by atoms with E-state index in [0.717, 1.165) is 16.3 Å². The Labute approximate surface area is 126 Å². The van der Waals surface area contributed by atoms with Gasteiger partial charge in [-0.05, 0) is 13.8 Å². The van der Waals surface area contributed by atoms with E-state index in [0.29, 0.717) is 12.2 Å². The number of hydrogen-bond acceptors (Lipinski definition) is 4. The van der Waals surface area contributed by atoms with E-state index in [1.165, 1.54) is 4.88 Å². The van der Waals surface area contributed by atoms with Crippen LogP contribution in [0, 0.1) is 13.8 Å². The molecule has 7 heteroatoms. The summed E-state index contributed by atoms with van der Waals surface area (Å²) in [7, 11) is 3.64. The zero-order chi connectivity index (χ0) is 15.1. The molecule has 110 valence electrons. The first-order valence-corrected chi connectivity index (χ1v) is 7.44. The molecular weight excluding hydrogens is 286 g/mol. The number of nitrogens with zero attached hydrogens (tertiary/aromatic N) is 5. The minimum Gasteiger partial charge on any atom is -0.340 e. The van der Waals surface area contributed by atoms with Crippen molar-refractivity contribution >= 4 is 22.2 Å². The molecule has 3 aromatic heterocycles. The average molecular weight is 303 g/mol. The summed E-state index contributed by atoms with van der Waals surface area (Å²) in [5.74, 6) is -0.0862. The van der Waals surface area contributed by atoms with Crippen molar-refractivity contribution in [3.63, 3.8) is 0 Å². The molecule has 0 fully saturated rings. The highest BCUT2D eigenvalue weighted by Crippen LogP contribution is 2.21. The fourth-order valence-corrected chi connectivity index (χ4v) is 3.20. The summed E-state index contributed by atoms with van der Waals surface area (Å²) < 4.78 is 3.84. The molecule has 0 N–H and O–H groups in total. The predicted octanol–water partition coefficient (Wildman–Crippen LogP) is 2.02. The number of imidazole rings is 2. The Morgan fingerprint density at radius 1 is 1.38 bits per heavy atom. The molecule has 0 atom stereocenters. The van der Waals surface area contributed by atoms with Crippen LogP contribution in [0.15, 0.2) is 18.7 Å². The van der Waals surface area contributed by atoms with Gasteiger partial charge in [-0.15, -0.1) is 11.3 Å². The number of amides is 1. The molecule has 3 aromatic rings. The molecule has 0 bridgehead atoms. The maximum absolute atomic E-state index is 12.4. The van der Waals surface area contributed by atoms with Crippen LogP contribution >= 0.6 is 11.3 Å². The third kappa shape index (κ3) is 2.44. The highest BCUT2D eigenvalue weighted by Gasteiger charge is 2.18. The summed E-state index contributed by atoms with van der Waals surface area (Å²) in [5.41, 5.74) is 2.46. The Bertz CT molecular complexity index is 813. The van der Waals surface area contributed by atoms with E-state index in [4.69, 9.17) is 0 Å². The molecule has 0 aliphatic rings. The van der Waals surface area contributed by atoms with Crippen LogP contribution in [0.25, 0.3) is 4.96 Å². The smallest absolute Gasteiger partial charge is 0.274 e. The van der Waals surface area contributed by atoms with E-state index in [-0.39, 0.29) is 5.91 Å². The Hall–Kier alpha value is -2.15. The van der Waals surface area contributed by atoms with Crippen LogP contribution in [0.1, 0.15) is 26.8 Å². The summed E-state index contributed by atoms with van der Waals surface area (Å²) in [6.45, 7) is 4.54. The zero-order valence-corrected chi connectivity index (χ0v) is 13.3. The lowest BCUT2D eigenvalue weighted by Crippen LogP contribution is -2.27. The Kier molecular flexibility index (Phi) is 3.29. The van der Waals surface area contributed by atoms with Gasteiger partial charge in [0.2, 0.25) is 0 Å². The van der Waals surface area contributed by atoms with Gasteiger partial charge in [0.15, 0.2) is 4.96 Å². The van der Waals surface area contributed by atoms with Crippen molar-refractivity contribution in [1.29, 1.82) is 0 Å². The van der Waals surface area contributed by atoms with Crippen LogP contribution < -0.4 is 0 Å². The number of carbonyl (C=O) groups excluding carboxylic acids is 1. The van der Waals surface area contributed by atoms with Crippen LogP contribution in [0.3, 0.4) is 0 Å². The fourth-order valence-electron chi connectivity index (χ4n) is 2.31. The normalized spacial score (nSPS) is 11.2. The second-order valence-corrected chi connectivity index (χ2v) is 6.44. The molecule has 0 radical (unpaired) electrons. The van der Waals surface area contributed by atoms with Crippen molar-refractivity contribution < 1.29 is 4.79 Å². The van der Waals surface area contributed by atoms with Gasteiger partial charge in [-0.25, -0.2) is 9.97 Å². The van der Waals surface area contributed by atoms with E-state index in [2.05, 4.69) is 27.5 Å². The maximum atomic E-state index is 12.4. The summed E-state index contributed by atoms with van der Waals surface area (Å²) in [6.07, 6.45) is 5.42. The molecule has 0 saturated carbocycles. The first kappa shape index (κ1) is 13.8. The Morgan fingerprint density at radius 2 is 2.14 bits per heavy atom. The van der Waals surface area contributed by atoms with Crippen LogP contribution in [0.4, 0.5) is 0 Å². The van der Waals surface area contributed by atoms with Crippen molar-refractivity contribution in [2.45, 2.75) is 20.4 Å². The van der Waals surface area contributed by atoms with Crippen LogP contribution in [0.2, 0.25) is 0 Å². The van der Waals surface area contributed by atoms with Gasteiger partial charge in [-0.2, -0.15) is 0 Å². The average Bonchev–Trinajstić information content (AvgIpc) is 3.07. The van der Waals surface area contributed by atoms with Gasteiger partial charge in [0.25, 0.3) is 5.91 Å². The van der Waals surface area contributed by atoms with Crippen molar-refractivity contribution in [2.75, 3.05) is 7.05 Å². The highest BCUT2D eigenvalue weighted by molar-refractivity contribution is 7.17. The van der Waals surface area contributed by atoms with Crippen LogP contribution in [-0.4, -0.2) is 36.8 Å². The lowest BCUT2D eigenvalue weighted by Gasteiger charge is -2.15. The molecule has 0 spiro atoms. The second kappa shape index (κ2) is 5.00. The lowest BCUT2D eigenvalue weighted by molar-refractivity contribution is 0.0777. The number of aromatic nitrogens is 4. The number of hydrogen-bond donors (Lipinski definition) is 0. The lowest BCUT2D eigenvalue weighted by atomic mass is 10.3. The first-order valence-electron chi connectivity index (χ1n) is 6.63. The summed E-state index contributed by atoms with van der Waals surface area (Å²) in [4.78, 5) is 24.9. The fraction of sp³-hybridized carbons (Fsp3) is 0.357. The third-order valence-corrected chi connectivity index (χ3v) is 4.30. The van der Waals surface area contributed by atoms with E-state index in [1.807, 2.05) is 14.0 Å². The Morgan fingerprint density at radius 3 is 2.81 bits per heavy atom. The van der Waals surface area contributed by atoms with Crippen molar-refractivity contribution in [3.05, 3.63) is 40.7 Å². The maximum Gasteiger partial charge on any atom is 0.274 e. The van der Waals surface area contributed by atoms with Gasteiger partial charge in [0.05, 0.1) is 24.3 Å². The highest BCUT2D eigenvalue weighted by atomic mass is 32.1. The minimum atomic E-state index is -0.0862. The molecule has 0 saturated heterocycles. The number of thiazole rings is 1. The van der Waals surface area contributed by atoms with E-state index in [9.17, 15) is 4.79 Å². The van der Waals surface area contributed by atoms with Crippen molar-refractivity contribution in [2.24, 2.45) is 7.05 Å². The quantitative estimate of drug-likeness (QED) is 0.744. The molecule has 0 aromatic carbocycles. The van der Waals surface area contributed by atoms with Crippen LogP contribution in [0.5, 0.6) is 0 Å². The molecule has 0 aliphatic carbocycles. The molecular formula is C14H17N5OS. The molecule has 1 amide bonds. The van der Waals surface area contributed by atoms with Gasteiger partial charge < -0.3 is 9.47 Å². The molecule has 6 nitrogen and oxygen atoms in total. The molecule has 3 rings (SSSR count). The molecule has 0 aliphatic heterocycles. The van der Waals surface area contributed by atoms with E-state index in [1.54, 1.807) is 40.4 Å². The van der Waals surface area contributed by atoms with Gasteiger partial charge >= 0.3 is 0 Å². The molecule has 21 heavy (non-hydrogen) atoms. The summed E-state index contributed by atoms with van der Waals surface area (Å²) in [5, 5.41) is 0. The van der Waals surface area contributed by atoms with E-state index >= 15 is 0 Å². The van der Waals surface area contributed by atoms with Gasteiger partial charge in [-0.1, -0.05) is 0 Å². The second-order valence-electron chi connectivity index (χ2n) is 5.22. The largest absolute Gasteiger partial charge is 0.340 e. The van der Waals surface area contributed by atoms with E-state index < -0.39 is 0 Å². The number of aryl methyl sites for hydroxylation is 3. The monoisotopic (exact) mass is 303 g/mol. The van der Waals surface area contributed by atoms with Crippen molar-refractivity contribution in [3.8, 4) is 0 Å². The summed E-state index contributed by atoms with van der Waals surface area (Å²) in [6, 6.07) is 0. The third-order valence-electron chi connectivity index (χ3n) is 3.40. The topological polar surface area (TPSA) is 55.4 Å². The van der Waals surface area contributed by atoms with Crippen LogP contribution in [-0.2, 0) is 13.6 Å². The zero-order valence-electron chi connectivity index (χ0n) is 12.5. The molecule has 0 unspecified atom stereocenters. The SMILES string of the molecule is Cc1cn2c(CN(C)C(=O)c3cn(C)cn3)c(C)nc2s1. The predicted molar refractivity (Wildman–Crippen MR) is 81.5 cm³/mol.